The van der Waals surface area contributed by atoms with E-state index in [0.717, 1.165) is 11.3 Å². The Morgan fingerprint density at radius 2 is 1.65 bits per heavy atom. The molecule has 0 fully saturated rings. The summed E-state index contributed by atoms with van der Waals surface area (Å²) >= 11 is 1.60. The van der Waals surface area contributed by atoms with E-state index in [2.05, 4.69) is 12.1 Å². The molecule has 3 heteroatoms. The minimum absolute atomic E-state index is 0.167. The van der Waals surface area contributed by atoms with Crippen molar-refractivity contribution in [1.82, 2.24) is 0 Å². The zero-order valence-electron chi connectivity index (χ0n) is 11.5. The standard InChI is InChI=1S/C17H18O2S/c1-2-19-17(18)16(15-11-7-4-8-12-15)20-13-14-9-5-3-6-10-14/h3-12,16H,2,13H2,1H3. The van der Waals surface area contributed by atoms with Crippen LogP contribution in [0.2, 0.25) is 0 Å². The summed E-state index contributed by atoms with van der Waals surface area (Å²) in [5.74, 6) is 0.624. The van der Waals surface area contributed by atoms with Gasteiger partial charge in [0, 0.05) is 5.75 Å². The molecular weight excluding hydrogens is 268 g/mol. The highest BCUT2D eigenvalue weighted by molar-refractivity contribution is 7.99. The summed E-state index contributed by atoms with van der Waals surface area (Å²) < 4.78 is 5.19. The number of hydrogen-bond acceptors (Lipinski definition) is 3. The Kier molecular flexibility index (Phi) is 5.69. The number of thioether (sulfide) groups is 1. The van der Waals surface area contributed by atoms with Crippen molar-refractivity contribution in [3.8, 4) is 0 Å². The van der Waals surface area contributed by atoms with Gasteiger partial charge in [-0.05, 0) is 18.1 Å². The number of ether oxygens (including phenoxy) is 1. The number of benzene rings is 2. The molecule has 2 aromatic rings. The third-order valence-corrected chi connectivity index (χ3v) is 4.16. The van der Waals surface area contributed by atoms with E-state index < -0.39 is 0 Å². The Morgan fingerprint density at radius 3 is 2.25 bits per heavy atom. The Labute approximate surface area is 124 Å². The highest BCUT2D eigenvalue weighted by Crippen LogP contribution is 2.32. The van der Waals surface area contributed by atoms with Crippen molar-refractivity contribution < 1.29 is 9.53 Å². The fourth-order valence-electron chi connectivity index (χ4n) is 1.90. The van der Waals surface area contributed by atoms with Crippen LogP contribution in [0.25, 0.3) is 0 Å². The maximum absolute atomic E-state index is 12.1. The third kappa shape index (κ3) is 4.14. The zero-order chi connectivity index (χ0) is 14.2. The molecular formula is C17H18O2S. The predicted octanol–water partition coefficient (Wildman–Crippen LogP) is 4.22. The van der Waals surface area contributed by atoms with Crippen molar-refractivity contribution in [2.75, 3.05) is 6.61 Å². The van der Waals surface area contributed by atoms with Gasteiger partial charge in [-0.15, -0.1) is 11.8 Å². The minimum atomic E-state index is -0.267. The second-order valence-corrected chi connectivity index (χ2v) is 5.43. The summed E-state index contributed by atoms with van der Waals surface area (Å²) in [5.41, 5.74) is 2.20. The average molecular weight is 286 g/mol. The molecule has 0 saturated heterocycles. The quantitative estimate of drug-likeness (QED) is 0.744. The molecule has 0 amide bonds. The number of carbonyl (C=O) groups excluding carboxylic acids is 1. The molecule has 2 nitrogen and oxygen atoms in total. The maximum Gasteiger partial charge on any atom is 0.323 e. The second-order valence-electron chi connectivity index (χ2n) is 4.34. The lowest BCUT2D eigenvalue weighted by atomic mass is 10.1. The van der Waals surface area contributed by atoms with Crippen molar-refractivity contribution >= 4 is 17.7 Å². The summed E-state index contributed by atoms with van der Waals surface area (Å²) in [5, 5.41) is -0.267. The highest BCUT2D eigenvalue weighted by atomic mass is 32.2. The van der Waals surface area contributed by atoms with Crippen molar-refractivity contribution in [3.05, 3.63) is 71.8 Å². The minimum Gasteiger partial charge on any atom is -0.465 e. The summed E-state index contributed by atoms with van der Waals surface area (Å²) in [7, 11) is 0. The Balaban J connectivity index is 2.09. The predicted molar refractivity (Wildman–Crippen MR) is 83.6 cm³/mol. The van der Waals surface area contributed by atoms with Gasteiger partial charge in [0.25, 0.3) is 0 Å². The molecule has 0 aromatic heterocycles. The van der Waals surface area contributed by atoms with Crippen LogP contribution in [0.15, 0.2) is 60.7 Å². The SMILES string of the molecule is CCOC(=O)C(SCc1ccccc1)c1ccccc1. The summed E-state index contributed by atoms with van der Waals surface area (Å²) in [4.78, 5) is 12.1. The second kappa shape index (κ2) is 7.75. The van der Waals surface area contributed by atoms with Crippen LogP contribution >= 0.6 is 11.8 Å². The molecule has 0 heterocycles. The lowest BCUT2D eigenvalue weighted by Gasteiger charge is -2.15. The van der Waals surface area contributed by atoms with Crippen LogP contribution in [-0.2, 0) is 15.3 Å². The van der Waals surface area contributed by atoms with Crippen molar-refractivity contribution in [3.63, 3.8) is 0 Å². The highest BCUT2D eigenvalue weighted by Gasteiger charge is 2.22. The monoisotopic (exact) mass is 286 g/mol. The number of hydrogen-bond donors (Lipinski definition) is 0. The zero-order valence-corrected chi connectivity index (χ0v) is 12.3. The summed E-state index contributed by atoms with van der Waals surface area (Å²) in [6.45, 7) is 2.25. The molecule has 20 heavy (non-hydrogen) atoms. The van der Waals surface area contributed by atoms with Gasteiger partial charge in [0.05, 0.1) is 6.61 Å². The Hall–Kier alpha value is -1.74. The van der Waals surface area contributed by atoms with Crippen molar-refractivity contribution in [1.29, 1.82) is 0 Å². The molecule has 0 aliphatic carbocycles. The molecule has 2 rings (SSSR count). The van der Waals surface area contributed by atoms with Gasteiger partial charge in [-0.3, -0.25) is 4.79 Å². The van der Waals surface area contributed by atoms with E-state index in [0.29, 0.717) is 6.61 Å². The van der Waals surface area contributed by atoms with E-state index in [1.54, 1.807) is 11.8 Å². The largest absolute Gasteiger partial charge is 0.465 e. The van der Waals surface area contributed by atoms with Gasteiger partial charge in [-0.1, -0.05) is 60.7 Å². The molecule has 104 valence electrons. The van der Waals surface area contributed by atoms with Gasteiger partial charge in [0.2, 0.25) is 0 Å². The van der Waals surface area contributed by atoms with Crippen LogP contribution < -0.4 is 0 Å². The first-order chi connectivity index (χ1) is 9.81. The molecule has 0 radical (unpaired) electrons. The molecule has 1 unspecified atom stereocenters. The van der Waals surface area contributed by atoms with Gasteiger partial charge in [-0.25, -0.2) is 0 Å². The first kappa shape index (κ1) is 14.7. The van der Waals surface area contributed by atoms with Crippen LogP contribution in [0.4, 0.5) is 0 Å². The molecule has 2 aromatic carbocycles. The van der Waals surface area contributed by atoms with Gasteiger partial charge >= 0.3 is 5.97 Å². The van der Waals surface area contributed by atoms with E-state index in [9.17, 15) is 4.79 Å². The van der Waals surface area contributed by atoms with Crippen LogP contribution in [0.3, 0.4) is 0 Å². The summed E-state index contributed by atoms with van der Waals surface area (Å²) in [6.07, 6.45) is 0. The van der Waals surface area contributed by atoms with Crippen LogP contribution in [0, 0.1) is 0 Å². The first-order valence-corrected chi connectivity index (χ1v) is 7.73. The van der Waals surface area contributed by atoms with E-state index in [4.69, 9.17) is 4.74 Å². The molecule has 1 atom stereocenters. The molecule has 0 N–H and O–H groups in total. The number of rotatable bonds is 6. The van der Waals surface area contributed by atoms with Gasteiger partial charge < -0.3 is 4.74 Å². The normalized spacial score (nSPS) is 11.8. The molecule has 0 aliphatic heterocycles. The average Bonchev–Trinajstić information content (AvgIpc) is 2.50. The van der Waals surface area contributed by atoms with Crippen LogP contribution in [-0.4, -0.2) is 12.6 Å². The van der Waals surface area contributed by atoms with Gasteiger partial charge in [0.1, 0.15) is 5.25 Å². The lowest BCUT2D eigenvalue weighted by Crippen LogP contribution is -2.13. The van der Waals surface area contributed by atoms with Crippen LogP contribution in [0.5, 0.6) is 0 Å². The Morgan fingerprint density at radius 1 is 1.05 bits per heavy atom. The fraction of sp³-hybridized carbons (Fsp3) is 0.235. The molecule has 0 bridgehead atoms. The maximum atomic E-state index is 12.1. The first-order valence-electron chi connectivity index (χ1n) is 6.68. The summed E-state index contributed by atoms with van der Waals surface area (Å²) in [6, 6.07) is 20.0. The van der Waals surface area contributed by atoms with Crippen molar-refractivity contribution in [2.45, 2.75) is 17.9 Å². The third-order valence-electron chi connectivity index (χ3n) is 2.86. The van der Waals surface area contributed by atoms with Crippen molar-refractivity contribution in [2.24, 2.45) is 0 Å². The fourth-order valence-corrected chi connectivity index (χ4v) is 3.01. The smallest absolute Gasteiger partial charge is 0.323 e. The van der Waals surface area contributed by atoms with E-state index in [1.165, 1.54) is 5.56 Å². The van der Waals surface area contributed by atoms with Gasteiger partial charge in [0.15, 0.2) is 0 Å². The molecule has 0 spiro atoms. The van der Waals surface area contributed by atoms with Crippen LogP contribution in [0.1, 0.15) is 23.3 Å². The topological polar surface area (TPSA) is 26.3 Å². The number of carbonyl (C=O) groups is 1. The van der Waals surface area contributed by atoms with E-state index in [1.807, 2.05) is 55.5 Å². The Bertz CT molecular complexity index is 525. The molecule has 0 saturated carbocycles. The van der Waals surface area contributed by atoms with E-state index in [-0.39, 0.29) is 11.2 Å². The van der Waals surface area contributed by atoms with E-state index >= 15 is 0 Å². The molecule has 0 aliphatic rings. The lowest BCUT2D eigenvalue weighted by molar-refractivity contribution is -0.142. The van der Waals surface area contributed by atoms with Gasteiger partial charge in [-0.2, -0.15) is 0 Å². The number of esters is 1.